The van der Waals surface area contributed by atoms with Crippen LogP contribution in [0.25, 0.3) is 10.8 Å². The number of nitrogens with zero attached hydrogens (tertiary/aromatic N) is 1. The van der Waals surface area contributed by atoms with Crippen LogP contribution in [0.2, 0.25) is 0 Å². The molecule has 2 aromatic carbocycles. The van der Waals surface area contributed by atoms with Crippen LogP contribution in [0.3, 0.4) is 0 Å². The lowest BCUT2D eigenvalue weighted by Crippen LogP contribution is -2.34. The molecule has 0 amide bonds. The molecular weight excluding hydrogens is 248 g/mol. The molecule has 2 aromatic rings. The highest BCUT2D eigenvalue weighted by atomic mass is 16.3. The van der Waals surface area contributed by atoms with E-state index >= 15 is 0 Å². The third-order valence-electron chi connectivity index (χ3n) is 3.99. The number of benzene rings is 2. The molecule has 3 nitrogen and oxygen atoms in total. The van der Waals surface area contributed by atoms with Gasteiger partial charge in [-0.25, -0.2) is 0 Å². The number of hydrogen-bond acceptors (Lipinski definition) is 3. The van der Waals surface area contributed by atoms with Crippen LogP contribution < -0.4 is 5.32 Å². The van der Waals surface area contributed by atoms with E-state index in [1.165, 1.54) is 23.6 Å². The van der Waals surface area contributed by atoms with Gasteiger partial charge in [0.2, 0.25) is 0 Å². The molecule has 0 spiro atoms. The molecule has 0 aromatic heterocycles. The molecule has 1 aliphatic heterocycles. The SMILES string of the molecule is OC(CNc1cccc2ccccc12)CN1CCCC1. The van der Waals surface area contributed by atoms with Crippen LogP contribution in [0.5, 0.6) is 0 Å². The summed E-state index contributed by atoms with van der Waals surface area (Å²) in [5.74, 6) is 0. The first-order valence-corrected chi connectivity index (χ1v) is 7.45. The number of anilines is 1. The lowest BCUT2D eigenvalue weighted by atomic mass is 10.1. The first-order valence-electron chi connectivity index (χ1n) is 7.45. The minimum atomic E-state index is -0.313. The van der Waals surface area contributed by atoms with E-state index in [0.717, 1.165) is 25.3 Å². The summed E-state index contributed by atoms with van der Waals surface area (Å²) in [6.07, 6.45) is 2.22. The Morgan fingerprint density at radius 2 is 1.80 bits per heavy atom. The maximum absolute atomic E-state index is 10.1. The number of aliphatic hydroxyl groups excluding tert-OH is 1. The topological polar surface area (TPSA) is 35.5 Å². The van der Waals surface area contributed by atoms with Crippen LogP contribution in [-0.2, 0) is 0 Å². The zero-order valence-corrected chi connectivity index (χ0v) is 11.8. The molecule has 1 fully saturated rings. The Morgan fingerprint density at radius 3 is 2.65 bits per heavy atom. The normalized spacial score (nSPS) is 17.4. The van der Waals surface area contributed by atoms with Crippen molar-refractivity contribution in [2.75, 3.05) is 31.5 Å². The standard InChI is InChI=1S/C17H22N2O/c20-15(13-19-10-3-4-11-19)12-18-17-9-5-7-14-6-1-2-8-16(14)17/h1-2,5-9,15,18,20H,3-4,10-13H2. The fourth-order valence-electron chi connectivity index (χ4n) is 2.94. The molecular formula is C17H22N2O. The third kappa shape index (κ3) is 3.11. The molecule has 2 N–H and O–H groups in total. The van der Waals surface area contributed by atoms with Crippen LogP contribution in [-0.4, -0.2) is 42.3 Å². The van der Waals surface area contributed by atoms with Gasteiger partial charge >= 0.3 is 0 Å². The number of likely N-dealkylation sites (tertiary alicyclic amines) is 1. The first kappa shape index (κ1) is 13.4. The lowest BCUT2D eigenvalue weighted by molar-refractivity contribution is 0.135. The summed E-state index contributed by atoms with van der Waals surface area (Å²) < 4.78 is 0. The molecule has 1 unspecified atom stereocenters. The quantitative estimate of drug-likeness (QED) is 0.877. The Bertz CT molecular complexity index is 558. The van der Waals surface area contributed by atoms with Crippen LogP contribution in [0.1, 0.15) is 12.8 Å². The zero-order valence-electron chi connectivity index (χ0n) is 11.8. The molecule has 3 rings (SSSR count). The summed E-state index contributed by atoms with van der Waals surface area (Å²) in [6.45, 7) is 3.64. The van der Waals surface area contributed by atoms with E-state index in [1.807, 2.05) is 12.1 Å². The summed E-state index contributed by atoms with van der Waals surface area (Å²) in [6, 6.07) is 14.6. The maximum Gasteiger partial charge on any atom is 0.0839 e. The number of β-amino-alcohol motifs (C(OH)–C–C–N with tert-alkyl or cyclic N) is 1. The van der Waals surface area contributed by atoms with Crippen molar-refractivity contribution in [3.8, 4) is 0 Å². The second-order valence-corrected chi connectivity index (χ2v) is 5.57. The maximum atomic E-state index is 10.1. The molecule has 3 heteroatoms. The minimum absolute atomic E-state index is 0.313. The van der Waals surface area contributed by atoms with E-state index in [9.17, 15) is 5.11 Å². The van der Waals surface area contributed by atoms with Gasteiger partial charge in [0.15, 0.2) is 0 Å². The van der Waals surface area contributed by atoms with Gasteiger partial charge in [-0.3, -0.25) is 0 Å². The molecule has 1 heterocycles. The van der Waals surface area contributed by atoms with Crippen molar-refractivity contribution in [3.63, 3.8) is 0 Å². The molecule has 0 aliphatic carbocycles. The highest BCUT2D eigenvalue weighted by Crippen LogP contribution is 2.22. The van der Waals surface area contributed by atoms with Crippen molar-refractivity contribution >= 4 is 16.5 Å². The van der Waals surface area contributed by atoms with Crippen LogP contribution in [0.15, 0.2) is 42.5 Å². The summed E-state index contributed by atoms with van der Waals surface area (Å²) >= 11 is 0. The first-order chi connectivity index (χ1) is 9.83. The lowest BCUT2D eigenvalue weighted by Gasteiger charge is -2.20. The summed E-state index contributed by atoms with van der Waals surface area (Å²) in [7, 11) is 0. The van der Waals surface area contributed by atoms with Crippen molar-refractivity contribution in [1.82, 2.24) is 4.90 Å². The third-order valence-corrected chi connectivity index (χ3v) is 3.99. The number of hydrogen-bond donors (Lipinski definition) is 2. The number of aliphatic hydroxyl groups is 1. The molecule has 0 bridgehead atoms. The van der Waals surface area contributed by atoms with Gasteiger partial charge in [0, 0.05) is 24.2 Å². The van der Waals surface area contributed by atoms with Gasteiger partial charge < -0.3 is 15.3 Å². The fraction of sp³-hybridized carbons (Fsp3) is 0.412. The Hall–Kier alpha value is -1.58. The Labute approximate surface area is 120 Å². The second kappa shape index (κ2) is 6.25. The monoisotopic (exact) mass is 270 g/mol. The summed E-state index contributed by atoms with van der Waals surface area (Å²) in [4.78, 5) is 2.34. The molecule has 106 valence electrons. The molecule has 20 heavy (non-hydrogen) atoms. The second-order valence-electron chi connectivity index (χ2n) is 5.57. The summed E-state index contributed by atoms with van der Waals surface area (Å²) in [5.41, 5.74) is 1.10. The Morgan fingerprint density at radius 1 is 1.05 bits per heavy atom. The van der Waals surface area contributed by atoms with Gasteiger partial charge in [-0.15, -0.1) is 0 Å². The highest BCUT2D eigenvalue weighted by Gasteiger charge is 2.15. The Kier molecular flexibility index (Phi) is 4.19. The Balaban J connectivity index is 1.61. The largest absolute Gasteiger partial charge is 0.390 e. The van der Waals surface area contributed by atoms with Crippen LogP contribution in [0, 0.1) is 0 Å². The molecule has 1 aliphatic rings. The van der Waals surface area contributed by atoms with E-state index in [0.29, 0.717) is 6.54 Å². The number of rotatable bonds is 5. The fourth-order valence-corrected chi connectivity index (χ4v) is 2.94. The van der Waals surface area contributed by atoms with E-state index in [-0.39, 0.29) is 6.10 Å². The zero-order chi connectivity index (χ0) is 13.8. The highest BCUT2D eigenvalue weighted by molar-refractivity contribution is 5.93. The minimum Gasteiger partial charge on any atom is -0.390 e. The van der Waals surface area contributed by atoms with E-state index in [4.69, 9.17) is 0 Å². The predicted octanol–water partition coefficient (Wildman–Crippen LogP) is 2.71. The van der Waals surface area contributed by atoms with E-state index < -0.39 is 0 Å². The van der Waals surface area contributed by atoms with Crippen molar-refractivity contribution in [1.29, 1.82) is 0 Å². The van der Waals surface area contributed by atoms with Crippen molar-refractivity contribution in [2.24, 2.45) is 0 Å². The van der Waals surface area contributed by atoms with Gasteiger partial charge in [-0.1, -0.05) is 36.4 Å². The molecule has 1 saturated heterocycles. The number of fused-ring (bicyclic) bond motifs is 1. The van der Waals surface area contributed by atoms with Gasteiger partial charge in [-0.05, 0) is 37.4 Å². The number of nitrogens with one attached hydrogen (secondary N) is 1. The smallest absolute Gasteiger partial charge is 0.0839 e. The van der Waals surface area contributed by atoms with Crippen molar-refractivity contribution in [2.45, 2.75) is 18.9 Å². The average molecular weight is 270 g/mol. The van der Waals surface area contributed by atoms with Crippen LogP contribution in [0.4, 0.5) is 5.69 Å². The van der Waals surface area contributed by atoms with E-state index in [2.05, 4.69) is 40.5 Å². The van der Waals surface area contributed by atoms with Crippen LogP contribution >= 0.6 is 0 Å². The molecule has 0 saturated carbocycles. The van der Waals surface area contributed by atoms with Gasteiger partial charge in [-0.2, -0.15) is 0 Å². The van der Waals surface area contributed by atoms with Gasteiger partial charge in [0.1, 0.15) is 0 Å². The van der Waals surface area contributed by atoms with E-state index in [1.54, 1.807) is 0 Å². The van der Waals surface area contributed by atoms with Crippen molar-refractivity contribution in [3.05, 3.63) is 42.5 Å². The van der Waals surface area contributed by atoms with Gasteiger partial charge in [0.05, 0.1) is 6.10 Å². The molecule has 0 radical (unpaired) electrons. The summed E-state index contributed by atoms with van der Waals surface area (Å²) in [5, 5.41) is 16.0. The molecule has 1 atom stereocenters. The van der Waals surface area contributed by atoms with Crippen molar-refractivity contribution < 1.29 is 5.11 Å². The van der Waals surface area contributed by atoms with Gasteiger partial charge in [0.25, 0.3) is 0 Å². The average Bonchev–Trinajstić information content (AvgIpc) is 2.98. The predicted molar refractivity (Wildman–Crippen MR) is 84.1 cm³/mol.